The van der Waals surface area contributed by atoms with Crippen LogP contribution in [0.4, 0.5) is 23.2 Å². The number of halogens is 4. The second kappa shape index (κ2) is 6.22. The highest BCUT2D eigenvalue weighted by Gasteiger charge is 2.30. The van der Waals surface area contributed by atoms with Crippen molar-refractivity contribution in [1.29, 1.82) is 0 Å². The second-order valence-electron chi connectivity index (χ2n) is 6.10. The summed E-state index contributed by atoms with van der Waals surface area (Å²) in [6, 6.07) is 9.16. The molecule has 0 bridgehead atoms. The molecule has 1 aliphatic rings. The predicted molar refractivity (Wildman–Crippen MR) is 96.0 cm³/mol. The topological polar surface area (TPSA) is 33.4 Å². The van der Waals surface area contributed by atoms with Gasteiger partial charge in [0, 0.05) is 18.0 Å². The normalized spacial score (nSPS) is 14.7. The number of hydrogen-bond acceptors (Lipinski definition) is 3. The van der Waals surface area contributed by atoms with E-state index in [4.69, 9.17) is 0 Å². The summed E-state index contributed by atoms with van der Waals surface area (Å²) in [5.74, 6) is 0.874. The molecular weight excluding hydrogens is 360 g/mol. The number of benzene rings is 2. The van der Waals surface area contributed by atoms with Gasteiger partial charge in [-0.1, -0.05) is 0 Å². The highest BCUT2D eigenvalue weighted by molar-refractivity contribution is 5.90. The molecule has 0 saturated carbocycles. The van der Waals surface area contributed by atoms with Crippen LogP contribution in [0.5, 0.6) is 0 Å². The van der Waals surface area contributed by atoms with E-state index in [1.165, 1.54) is 24.3 Å². The number of anilines is 1. The van der Waals surface area contributed by atoms with Crippen molar-refractivity contribution >= 4 is 28.8 Å². The zero-order valence-corrected chi connectivity index (χ0v) is 14.2. The number of fused-ring (bicyclic) bond motifs is 1. The first-order chi connectivity index (χ1) is 12.8. The summed E-state index contributed by atoms with van der Waals surface area (Å²) in [6.07, 6.45) is -1.06. The van der Waals surface area contributed by atoms with E-state index >= 15 is 0 Å². The lowest BCUT2D eigenvalue weighted by Crippen LogP contribution is -2.28. The van der Waals surface area contributed by atoms with Gasteiger partial charge < -0.3 is 4.90 Å². The molecule has 1 aromatic heterocycles. The third-order valence-corrected chi connectivity index (χ3v) is 4.35. The van der Waals surface area contributed by atoms with Crippen molar-refractivity contribution in [1.82, 2.24) is 9.55 Å². The summed E-state index contributed by atoms with van der Waals surface area (Å²) in [4.78, 5) is 10.4. The van der Waals surface area contributed by atoms with E-state index < -0.39 is 17.6 Å². The Bertz CT molecular complexity index is 1060. The van der Waals surface area contributed by atoms with Gasteiger partial charge in [0.25, 0.3) is 0 Å². The Hall–Kier alpha value is -3.16. The maximum atomic E-state index is 13.8. The zero-order valence-electron chi connectivity index (χ0n) is 14.2. The molecule has 2 aromatic carbocycles. The van der Waals surface area contributed by atoms with Crippen molar-refractivity contribution in [2.24, 2.45) is 4.99 Å². The lowest BCUT2D eigenvalue weighted by molar-refractivity contribution is -0.137. The summed E-state index contributed by atoms with van der Waals surface area (Å²) in [6.45, 7) is 2.01. The minimum absolute atomic E-state index is 0.228. The maximum Gasteiger partial charge on any atom is 0.416 e. The number of alkyl halides is 3. The molecule has 0 spiro atoms. The number of nitrogens with zero attached hydrogens (tertiary/aromatic N) is 4. The fraction of sp³-hybridized carbons (Fsp3) is 0.158. The molecule has 4 rings (SSSR count). The molecule has 0 fully saturated rings. The van der Waals surface area contributed by atoms with Crippen molar-refractivity contribution in [2.75, 3.05) is 11.6 Å². The number of aromatic nitrogens is 2. The van der Waals surface area contributed by atoms with E-state index in [0.717, 1.165) is 12.1 Å². The molecule has 138 valence electrons. The molecule has 0 radical (unpaired) electrons. The molecule has 8 heteroatoms. The van der Waals surface area contributed by atoms with Crippen LogP contribution in [0.1, 0.15) is 11.4 Å². The van der Waals surface area contributed by atoms with Gasteiger partial charge in [-0.25, -0.2) is 9.37 Å². The van der Waals surface area contributed by atoms with Gasteiger partial charge in [-0.05, 0) is 49.4 Å². The molecule has 4 nitrogen and oxygen atoms in total. The maximum absolute atomic E-state index is 13.8. The van der Waals surface area contributed by atoms with Crippen LogP contribution in [-0.4, -0.2) is 22.4 Å². The molecule has 0 aliphatic carbocycles. The van der Waals surface area contributed by atoms with Crippen molar-refractivity contribution in [2.45, 2.75) is 13.1 Å². The Morgan fingerprint density at radius 3 is 2.48 bits per heavy atom. The van der Waals surface area contributed by atoms with Crippen LogP contribution in [0.15, 0.2) is 53.5 Å². The molecule has 2 heterocycles. The van der Waals surface area contributed by atoms with Gasteiger partial charge in [-0.3, -0.25) is 9.56 Å². The van der Waals surface area contributed by atoms with Gasteiger partial charge in [0.2, 0.25) is 0 Å². The van der Waals surface area contributed by atoms with Gasteiger partial charge in [0.1, 0.15) is 24.1 Å². The Balaban J connectivity index is 1.80. The van der Waals surface area contributed by atoms with Gasteiger partial charge in [0.15, 0.2) is 0 Å². The number of hydrogen-bond donors (Lipinski definition) is 0. The molecule has 0 N–H and O–H groups in total. The summed E-state index contributed by atoms with van der Waals surface area (Å²) < 4.78 is 54.0. The molecule has 0 atom stereocenters. The molecule has 1 aliphatic heterocycles. The number of aliphatic imine (C=N–C) groups is 1. The quantitative estimate of drug-likeness (QED) is 0.601. The van der Waals surface area contributed by atoms with Crippen molar-refractivity contribution < 1.29 is 17.6 Å². The standard InChI is InChI=1S/C19H14F4N4/c1-12-25-16-7-4-14(20)10-17(16)27(12)18-8-9-24-11-26(18)15-5-2-13(3-6-15)19(21,22)23/h2-10H,11H2,1H3. The van der Waals surface area contributed by atoms with E-state index in [0.29, 0.717) is 28.4 Å². The first-order valence-corrected chi connectivity index (χ1v) is 8.14. The lowest BCUT2D eigenvalue weighted by Gasteiger charge is -2.29. The SMILES string of the molecule is Cc1nc2ccc(F)cc2n1C1=CC=NCN1c1ccc(C(F)(F)F)cc1. The largest absolute Gasteiger partial charge is 0.416 e. The fourth-order valence-electron chi connectivity index (χ4n) is 3.11. The Morgan fingerprint density at radius 1 is 1.04 bits per heavy atom. The molecule has 0 unspecified atom stereocenters. The summed E-state index contributed by atoms with van der Waals surface area (Å²) in [5, 5.41) is 0. The van der Waals surface area contributed by atoms with Crippen LogP contribution >= 0.6 is 0 Å². The molecule has 3 aromatic rings. The van der Waals surface area contributed by atoms with E-state index in [2.05, 4.69) is 9.98 Å². The zero-order chi connectivity index (χ0) is 19.2. The average Bonchev–Trinajstić information content (AvgIpc) is 2.96. The van der Waals surface area contributed by atoms with E-state index in [1.807, 2.05) is 0 Å². The third-order valence-electron chi connectivity index (χ3n) is 4.35. The van der Waals surface area contributed by atoms with E-state index in [1.54, 1.807) is 34.7 Å². The third kappa shape index (κ3) is 3.07. The highest BCUT2D eigenvalue weighted by atomic mass is 19.4. The minimum atomic E-state index is -4.40. The molecule has 0 amide bonds. The van der Waals surface area contributed by atoms with Crippen molar-refractivity contribution in [3.05, 3.63) is 65.7 Å². The highest BCUT2D eigenvalue weighted by Crippen LogP contribution is 2.33. The first-order valence-electron chi connectivity index (χ1n) is 8.14. The lowest BCUT2D eigenvalue weighted by atomic mass is 10.2. The molecule has 0 saturated heterocycles. The van der Waals surface area contributed by atoms with Crippen LogP contribution in [0.2, 0.25) is 0 Å². The Kier molecular flexibility index (Phi) is 3.98. The predicted octanol–water partition coefficient (Wildman–Crippen LogP) is 4.85. The second-order valence-corrected chi connectivity index (χ2v) is 6.10. The Morgan fingerprint density at radius 2 is 1.78 bits per heavy atom. The number of rotatable bonds is 2. The summed E-state index contributed by atoms with van der Waals surface area (Å²) in [7, 11) is 0. The van der Waals surface area contributed by atoms with Crippen LogP contribution < -0.4 is 4.90 Å². The molecule has 27 heavy (non-hydrogen) atoms. The van der Waals surface area contributed by atoms with Crippen LogP contribution in [0.25, 0.3) is 16.9 Å². The van der Waals surface area contributed by atoms with E-state index in [9.17, 15) is 17.6 Å². The molecular formula is C19H14F4N4. The smallest absolute Gasteiger partial charge is 0.307 e. The summed E-state index contributed by atoms with van der Waals surface area (Å²) >= 11 is 0. The fourth-order valence-corrected chi connectivity index (χ4v) is 3.11. The van der Waals surface area contributed by atoms with Gasteiger partial charge in [-0.2, -0.15) is 13.2 Å². The Labute approximate surface area is 152 Å². The summed E-state index contributed by atoms with van der Waals surface area (Å²) in [5.41, 5.74) is 1.03. The number of imidazole rings is 1. The van der Waals surface area contributed by atoms with Crippen LogP contribution in [-0.2, 0) is 6.18 Å². The monoisotopic (exact) mass is 374 g/mol. The minimum Gasteiger partial charge on any atom is -0.307 e. The van der Waals surface area contributed by atoms with E-state index in [-0.39, 0.29) is 6.67 Å². The van der Waals surface area contributed by atoms with Crippen LogP contribution in [0.3, 0.4) is 0 Å². The average molecular weight is 374 g/mol. The van der Waals surface area contributed by atoms with Gasteiger partial charge >= 0.3 is 6.18 Å². The van der Waals surface area contributed by atoms with Crippen molar-refractivity contribution in [3.8, 4) is 0 Å². The van der Waals surface area contributed by atoms with Gasteiger partial charge in [-0.15, -0.1) is 0 Å². The van der Waals surface area contributed by atoms with Crippen LogP contribution in [0, 0.1) is 12.7 Å². The number of allylic oxidation sites excluding steroid dienone is 1. The van der Waals surface area contributed by atoms with Crippen molar-refractivity contribution in [3.63, 3.8) is 0 Å². The number of aryl methyl sites for hydroxylation is 1. The van der Waals surface area contributed by atoms with Gasteiger partial charge in [0.05, 0.1) is 16.6 Å². The first kappa shape index (κ1) is 17.3.